The molecule has 3 aromatic rings. The van der Waals surface area contributed by atoms with Gasteiger partial charge in [0.1, 0.15) is 5.82 Å². The molecule has 1 N–H and O–H groups in total. The lowest BCUT2D eigenvalue weighted by Crippen LogP contribution is -2.23. The number of fused-ring (bicyclic) bond motifs is 1. The fourth-order valence-electron chi connectivity index (χ4n) is 2.33. The highest BCUT2D eigenvalue weighted by atomic mass is 79.9. The molecule has 1 unspecified atom stereocenters. The number of alkyl halides is 2. The molecule has 1 aromatic heterocycles. The summed E-state index contributed by atoms with van der Waals surface area (Å²) in [6, 6.07) is 10.7. The minimum atomic E-state index is -2.79. The number of imidazole rings is 1. The maximum atomic E-state index is 13.8. The van der Waals surface area contributed by atoms with Crippen molar-refractivity contribution < 1.29 is 18.0 Å². The van der Waals surface area contributed by atoms with Gasteiger partial charge < -0.3 is 5.32 Å². The van der Waals surface area contributed by atoms with Crippen LogP contribution < -0.4 is 5.32 Å². The number of thioether (sulfide) groups is 1. The molecule has 136 valence electrons. The number of benzene rings is 2. The second-order valence-electron chi connectivity index (χ2n) is 5.40. The molecular formula is C17H13BrF3N3OS. The van der Waals surface area contributed by atoms with E-state index in [1.165, 1.54) is 12.1 Å². The Balaban J connectivity index is 1.81. The first-order chi connectivity index (χ1) is 12.4. The van der Waals surface area contributed by atoms with E-state index in [0.29, 0.717) is 9.99 Å². The summed E-state index contributed by atoms with van der Waals surface area (Å²) in [7, 11) is 0. The second kappa shape index (κ2) is 7.71. The number of nitrogens with one attached hydrogen (secondary N) is 1. The van der Waals surface area contributed by atoms with Crippen molar-refractivity contribution in [2.45, 2.75) is 23.9 Å². The minimum Gasteiger partial charge on any atom is -0.323 e. The van der Waals surface area contributed by atoms with Gasteiger partial charge in [-0.25, -0.2) is 9.37 Å². The quantitative estimate of drug-likeness (QED) is 0.533. The van der Waals surface area contributed by atoms with Gasteiger partial charge >= 0.3 is 6.55 Å². The molecule has 1 amide bonds. The van der Waals surface area contributed by atoms with Crippen LogP contribution in [0, 0.1) is 5.82 Å². The topological polar surface area (TPSA) is 46.9 Å². The third kappa shape index (κ3) is 3.88. The fourth-order valence-corrected chi connectivity index (χ4v) is 3.59. The maximum Gasteiger partial charge on any atom is 0.321 e. The van der Waals surface area contributed by atoms with E-state index in [1.807, 2.05) is 0 Å². The summed E-state index contributed by atoms with van der Waals surface area (Å²) in [4.78, 5) is 16.5. The van der Waals surface area contributed by atoms with Gasteiger partial charge in [-0.3, -0.25) is 9.36 Å². The van der Waals surface area contributed by atoms with Gasteiger partial charge in [0.2, 0.25) is 5.91 Å². The van der Waals surface area contributed by atoms with Crippen LogP contribution in [0.25, 0.3) is 11.0 Å². The van der Waals surface area contributed by atoms with Crippen LogP contribution in [-0.2, 0) is 4.79 Å². The molecule has 1 atom stereocenters. The van der Waals surface area contributed by atoms with Crippen molar-refractivity contribution in [1.29, 1.82) is 0 Å². The summed E-state index contributed by atoms with van der Waals surface area (Å²) in [5, 5.41) is 1.73. The Hall–Kier alpha value is -2.00. The first-order valence-electron chi connectivity index (χ1n) is 7.54. The molecule has 0 radical (unpaired) electrons. The largest absolute Gasteiger partial charge is 0.323 e. The summed E-state index contributed by atoms with van der Waals surface area (Å²) >= 11 is 4.02. The van der Waals surface area contributed by atoms with E-state index in [-0.39, 0.29) is 16.4 Å². The molecule has 2 aromatic carbocycles. The van der Waals surface area contributed by atoms with E-state index in [4.69, 9.17) is 0 Å². The number of amides is 1. The molecule has 0 aliphatic carbocycles. The average Bonchev–Trinajstić information content (AvgIpc) is 2.95. The van der Waals surface area contributed by atoms with Gasteiger partial charge in [0.25, 0.3) is 0 Å². The van der Waals surface area contributed by atoms with E-state index in [1.54, 1.807) is 37.3 Å². The lowest BCUT2D eigenvalue weighted by Gasteiger charge is -2.13. The zero-order chi connectivity index (χ0) is 18.8. The number of hydrogen-bond acceptors (Lipinski definition) is 3. The Bertz CT molecular complexity index is 964. The van der Waals surface area contributed by atoms with Gasteiger partial charge in [-0.2, -0.15) is 8.78 Å². The first-order valence-corrected chi connectivity index (χ1v) is 9.22. The Morgan fingerprint density at radius 1 is 1.27 bits per heavy atom. The van der Waals surface area contributed by atoms with Gasteiger partial charge in [0.05, 0.1) is 22.0 Å². The smallest absolute Gasteiger partial charge is 0.321 e. The highest BCUT2D eigenvalue weighted by molar-refractivity contribution is 9.10. The number of carbonyl (C=O) groups excluding carboxylic acids is 1. The van der Waals surface area contributed by atoms with Crippen LogP contribution in [0.15, 0.2) is 52.1 Å². The van der Waals surface area contributed by atoms with Crippen LogP contribution in [-0.4, -0.2) is 20.7 Å². The lowest BCUT2D eigenvalue weighted by atomic mass is 10.3. The van der Waals surface area contributed by atoms with Gasteiger partial charge in [-0.05, 0) is 37.3 Å². The van der Waals surface area contributed by atoms with Crippen molar-refractivity contribution in [2.24, 2.45) is 0 Å². The van der Waals surface area contributed by atoms with Gasteiger partial charge in [-0.1, -0.05) is 39.8 Å². The van der Waals surface area contributed by atoms with E-state index in [0.717, 1.165) is 16.3 Å². The normalized spacial score (nSPS) is 12.5. The van der Waals surface area contributed by atoms with Crippen LogP contribution in [0.1, 0.15) is 13.5 Å². The SMILES string of the molecule is CC(Sc1nc2ccccc2n1C(F)F)C(=O)Nc1ccc(Br)cc1F. The molecule has 0 saturated heterocycles. The molecule has 0 saturated carbocycles. The predicted molar refractivity (Wildman–Crippen MR) is 99.0 cm³/mol. The molecule has 0 bridgehead atoms. The zero-order valence-electron chi connectivity index (χ0n) is 13.4. The summed E-state index contributed by atoms with van der Waals surface area (Å²) in [6.07, 6.45) is 0. The third-order valence-corrected chi connectivity index (χ3v) is 5.16. The Labute approximate surface area is 159 Å². The zero-order valence-corrected chi connectivity index (χ0v) is 15.8. The van der Waals surface area contributed by atoms with E-state index < -0.39 is 23.5 Å². The van der Waals surface area contributed by atoms with Crippen molar-refractivity contribution in [1.82, 2.24) is 9.55 Å². The van der Waals surface area contributed by atoms with Crippen LogP contribution in [0.5, 0.6) is 0 Å². The molecule has 3 rings (SSSR count). The van der Waals surface area contributed by atoms with Crippen molar-refractivity contribution in [2.75, 3.05) is 5.32 Å². The number of aromatic nitrogens is 2. The number of hydrogen-bond donors (Lipinski definition) is 1. The minimum absolute atomic E-state index is 0.0213. The molecule has 0 spiro atoms. The first kappa shape index (κ1) is 18.8. The summed E-state index contributed by atoms with van der Waals surface area (Å²) < 4.78 is 42.0. The molecule has 0 aliphatic rings. The van der Waals surface area contributed by atoms with Crippen molar-refractivity contribution in [3.63, 3.8) is 0 Å². The van der Waals surface area contributed by atoms with Crippen molar-refractivity contribution in [3.8, 4) is 0 Å². The van der Waals surface area contributed by atoms with Gasteiger partial charge in [0, 0.05) is 4.47 Å². The lowest BCUT2D eigenvalue weighted by molar-refractivity contribution is -0.115. The van der Waals surface area contributed by atoms with Crippen LogP contribution in [0.3, 0.4) is 0 Å². The molecule has 4 nitrogen and oxygen atoms in total. The van der Waals surface area contributed by atoms with Crippen LogP contribution in [0.2, 0.25) is 0 Å². The van der Waals surface area contributed by atoms with Gasteiger partial charge in [-0.15, -0.1) is 0 Å². The maximum absolute atomic E-state index is 13.8. The summed E-state index contributed by atoms with van der Waals surface area (Å²) in [6.45, 7) is -1.24. The number of nitrogens with zero attached hydrogens (tertiary/aromatic N) is 2. The number of rotatable bonds is 5. The predicted octanol–water partition coefficient (Wildman–Crippen LogP) is 5.45. The fraction of sp³-hybridized carbons (Fsp3) is 0.176. The molecule has 0 fully saturated rings. The highest BCUT2D eigenvalue weighted by Gasteiger charge is 2.23. The van der Waals surface area contributed by atoms with E-state index in [2.05, 4.69) is 26.2 Å². The summed E-state index contributed by atoms with van der Waals surface area (Å²) in [5.41, 5.74) is 0.728. The highest BCUT2D eigenvalue weighted by Crippen LogP contribution is 2.32. The van der Waals surface area contributed by atoms with E-state index in [9.17, 15) is 18.0 Å². The Morgan fingerprint density at radius 2 is 2.00 bits per heavy atom. The van der Waals surface area contributed by atoms with Crippen molar-refractivity contribution >= 4 is 50.3 Å². The number of para-hydroxylation sites is 2. The molecule has 26 heavy (non-hydrogen) atoms. The van der Waals surface area contributed by atoms with Crippen LogP contribution in [0.4, 0.5) is 18.9 Å². The number of carbonyl (C=O) groups is 1. The number of anilines is 1. The molecule has 9 heteroatoms. The molecular weight excluding hydrogens is 431 g/mol. The average molecular weight is 444 g/mol. The number of halogens is 4. The second-order valence-corrected chi connectivity index (χ2v) is 7.63. The molecule has 1 heterocycles. The Kier molecular flexibility index (Phi) is 5.57. The monoisotopic (exact) mass is 443 g/mol. The van der Waals surface area contributed by atoms with Gasteiger partial charge in [0.15, 0.2) is 5.16 Å². The Morgan fingerprint density at radius 3 is 2.69 bits per heavy atom. The van der Waals surface area contributed by atoms with Crippen molar-refractivity contribution in [3.05, 3.63) is 52.8 Å². The van der Waals surface area contributed by atoms with E-state index >= 15 is 0 Å². The van der Waals surface area contributed by atoms with Crippen LogP contribution >= 0.6 is 27.7 Å². The molecule has 0 aliphatic heterocycles. The summed E-state index contributed by atoms with van der Waals surface area (Å²) in [5.74, 6) is -1.10. The third-order valence-electron chi connectivity index (χ3n) is 3.60. The standard InChI is InChI=1S/C17H13BrF3N3OS/c1-9(15(25)22-12-7-6-10(18)8-11(12)19)26-17-23-13-4-2-3-5-14(13)24(17)16(20)21/h2-9,16H,1H3,(H,22,25).